The number of carboxylic acid groups (broad SMARTS) is 1. The fourth-order valence-corrected chi connectivity index (χ4v) is 3.12. The van der Waals surface area contributed by atoms with Crippen LogP contribution in [0.5, 0.6) is 0 Å². The van der Waals surface area contributed by atoms with Crippen LogP contribution in [-0.2, 0) is 4.79 Å². The van der Waals surface area contributed by atoms with Crippen LogP contribution in [0.4, 0.5) is 0 Å². The van der Waals surface area contributed by atoms with Crippen molar-refractivity contribution in [2.75, 3.05) is 0 Å². The molecule has 1 heterocycles. The summed E-state index contributed by atoms with van der Waals surface area (Å²) in [6.07, 6.45) is 5.47. The molecule has 0 radical (unpaired) electrons. The van der Waals surface area contributed by atoms with Crippen molar-refractivity contribution in [2.24, 2.45) is 0 Å². The fourth-order valence-electron chi connectivity index (χ4n) is 2.00. The third kappa shape index (κ3) is 4.05. The Balaban J connectivity index is 2.24. The van der Waals surface area contributed by atoms with Crippen LogP contribution < -0.4 is 5.32 Å². The zero-order valence-corrected chi connectivity index (χ0v) is 13.6. The van der Waals surface area contributed by atoms with E-state index in [0.29, 0.717) is 9.23 Å². The molecule has 0 unspecified atom stereocenters. The molecule has 0 aliphatic carbocycles. The summed E-state index contributed by atoms with van der Waals surface area (Å²) in [5.41, 5.74) is 2.07. The number of thioether (sulfide) groups is 1. The quantitative estimate of drug-likeness (QED) is 0.636. The standard InChI is InChI=1S/C16H15NO3S2/c1-2-3-11(13-14(18)17-16(21)22-13)7-4-10-5-8-12(9-6-10)15(19)20/h4-9H,2-3H2,1H3,(H,19,20)(H,17,18,21)/b7-4+,13-11-. The highest BCUT2D eigenvalue weighted by Crippen LogP contribution is 2.30. The minimum atomic E-state index is -0.947. The molecule has 1 aromatic rings. The van der Waals surface area contributed by atoms with E-state index in [1.54, 1.807) is 24.3 Å². The molecule has 0 spiro atoms. The van der Waals surface area contributed by atoms with Crippen LogP contribution in [0, 0.1) is 0 Å². The highest BCUT2D eigenvalue weighted by Gasteiger charge is 2.24. The van der Waals surface area contributed by atoms with Crippen molar-refractivity contribution in [1.29, 1.82) is 0 Å². The molecule has 1 aliphatic heterocycles. The van der Waals surface area contributed by atoms with E-state index in [2.05, 4.69) is 5.32 Å². The number of hydrogen-bond donors (Lipinski definition) is 2. The fraction of sp³-hybridized carbons (Fsp3) is 0.188. The molecule has 2 rings (SSSR count). The number of thiocarbonyl (C=S) groups is 1. The first-order valence-electron chi connectivity index (χ1n) is 6.79. The van der Waals surface area contributed by atoms with E-state index >= 15 is 0 Å². The molecule has 1 amide bonds. The molecule has 0 bridgehead atoms. The molecule has 1 aromatic carbocycles. The normalized spacial score (nSPS) is 17.0. The van der Waals surface area contributed by atoms with Crippen LogP contribution >= 0.6 is 24.0 Å². The largest absolute Gasteiger partial charge is 0.478 e. The van der Waals surface area contributed by atoms with Crippen molar-refractivity contribution in [3.05, 3.63) is 51.9 Å². The number of carbonyl (C=O) groups excluding carboxylic acids is 1. The van der Waals surface area contributed by atoms with Crippen LogP contribution in [0.1, 0.15) is 35.7 Å². The number of carbonyl (C=O) groups is 2. The average Bonchev–Trinajstić information content (AvgIpc) is 2.82. The van der Waals surface area contributed by atoms with E-state index in [0.717, 1.165) is 24.0 Å². The highest BCUT2D eigenvalue weighted by molar-refractivity contribution is 8.26. The first kappa shape index (κ1) is 16.5. The number of rotatable bonds is 5. The Bertz CT molecular complexity index is 675. The van der Waals surface area contributed by atoms with Crippen molar-refractivity contribution in [1.82, 2.24) is 5.32 Å². The van der Waals surface area contributed by atoms with Crippen molar-refractivity contribution in [2.45, 2.75) is 19.8 Å². The summed E-state index contributed by atoms with van der Waals surface area (Å²) < 4.78 is 0.479. The van der Waals surface area contributed by atoms with Gasteiger partial charge < -0.3 is 10.4 Å². The predicted octanol–water partition coefficient (Wildman–Crippen LogP) is 3.60. The van der Waals surface area contributed by atoms with Gasteiger partial charge in [0.05, 0.1) is 10.5 Å². The Hall–Kier alpha value is -1.92. The minimum absolute atomic E-state index is 0.149. The molecule has 1 saturated heterocycles. The van der Waals surface area contributed by atoms with Crippen LogP contribution in [-0.4, -0.2) is 21.3 Å². The smallest absolute Gasteiger partial charge is 0.335 e. The average molecular weight is 333 g/mol. The highest BCUT2D eigenvalue weighted by atomic mass is 32.2. The van der Waals surface area contributed by atoms with Gasteiger partial charge in [0.2, 0.25) is 0 Å². The number of benzene rings is 1. The number of aromatic carboxylic acids is 1. The lowest BCUT2D eigenvalue weighted by Crippen LogP contribution is -2.18. The third-order valence-corrected chi connectivity index (χ3v) is 4.35. The number of amides is 1. The molecule has 2 N–H and O–H groups in total. The third-order valence-electron chi connectivity index (χ3n) is 3.06. The SMILES string of the molecule is CCCC(/C=C/c1ccc(C(=O)O)cc1)=C1/SC(=S)NC1=O. The van der Waals surface area contributed by atoms with Crippen molar-refractivity contribution >= 4 is 46.3 Å². The van der Waals surface area contributed by atoms with Crippen LogP contribution in [0.3, 0.4) is 0 Å². The Kier molecular flexibility index (Phi) is 5.51. The van der Waals surface area contributed by atoms with Crippen molar-refractivity contribution < 1.29 is 14.7 Å². The van der Waals surface area contributed by atoms with Gasteiger partial charge >= 0.3 is 5.97 Å². The Morgan fingerprint density at radius 2 is 2.05 bits per heavy atom. The summed E-state index contributed by atoms with van der Waals surface area (Å²) in [7, 11) is 0. The molecule has 114 valence electrons. The van der Waals surface area contributed by atoms with E-state index in [-0.39, 0.29) is 11.5 Å². The maximum absolute atomic E-state index is 11.9. The summed E-state index contributed by atoms with van der Waals surface area (Å²) in [5, 5.41) is 11.5. The minimum Gasteiger partial charge on any atom is -0.478 e. The first-order chi connectivity index (χ1) is 10.5. The van der Waals surface area contributed by atoms with Gasteiger partial charge in [-0.15, -0.1) is 0 Å². The van der Waals surface area contributed by atoms with Gasteiger partial charge in [0.15, 0.2) is 0 Å². The zero-order valence-electron chi connectivity index (χ0n) is 12.0. The lowest BCUT2D eigenvalue weighted by Gasteiger charge is -2.03. The molecule has 22 heavy (non-hydrogen) atoms. The van der Waals surface area contributed by atoms with Crippen molar-refractivity contribution in [3.63, 3.8) is 0 Å². The predicted molar refractivity (Wildman–Crippen MR) is 92.7 cm³/mol. The van der Waals surface area contributed by atoms with Gasteiger partial charge in [0.25, 0.3) is 5.91 Å². The maximum Gasteiger partial charge on any atom is 0.335 e. The van der Waals surface area contributed by atoms with E-state index in [9.17, 15) is 9.59 Å². The summed E-state index contributed by atoms with van der Waals surface area (Å²) in [5.74, 6) is -1.10. The monoisotopic (exact) mass is 333 g/mol. The topological polar surface area (TPSA) is 66.4 Å². The second-order valence-electron chi connectivity index (χ2n) is 4.71. The maximum atomic E-state index is 11.9. The lowest BCUT2D eigenvalue weighted by atomic mass is 10.1. The second-order valence-corrected chi connectivity index (χ2v) is 6.40. The number of allylic oxidation sites excluding steroid dienone is 2. The second kappa shape index (κ2) is 7.38. The van der Waals surface area contributed by atoms with Gasteiger partial charge in [-0.3, -0.25) is 4.79 Å². The number of carboxylic acids is 1. The Labute approximate surface area is 138 Å². The Morgan fingerprint density at radius 3 is 2.55 bits per heavy atom. The summed E-state index contributed by atoms with van der Waals surface area (Å²) in [6.45, 7) is 2.05. The van der Waals surface area contributed by atoms with Gasteiger partial charge in [0, 0.05) is 0 Å². The molecule has 6 heteroatoms. The van der Waals surface area contributed by atoms with Gasteiger partial charge in [-0.25, -0.2) is 4.79 Å². The van der Waals surface area contributed by atoms with Gasteiger partial charge in [-0.05, 0) is 29.7 Å². The van der Waals surface area contributed by atoms with Gasteiger partial charge in [-0.2, -0.15) is 0 Å². The summed E-state index contributed by atoms with van der Waals surface area (Å²) in [4.78, 5) is 23.3. The van der Waals surface area contributed by atoms with Crippen LogP contribution in [0.15, 0.2) is 40.8 Å². The lowest BCUT2D eigenvalue weighted by molar-refractivity contribution is -0.115. The molecular formula is C16H15NO3S2. The molecule has 0 saturated carbocycles. The number of hydrogen-bond acceptors (Lipinski definition) is 4. The van der Waals surface area contributed by atoms with E-state index in [1.165, 1.54) is 11.8 Å². The zero-order chi connectivity index (χ0) is 16.1. The van der Waals surface area contributed by atoms with E-state index in [4.69, 9.17) is 17.3 Å². The molecule has 0 atom stereocenters. The Morgan fingerprint density at radius 1 is 1.36 bits per heavy atom. The van der Waals surface area contributed by atoms with Gasteiger partial charge in [0.1, 0.15) is 4.32 Å². The van der Waals surface area contributed by atoms with E-state index < -0.39 is 5.97 Å². The summed E-state index contributed by atoms with van der Waals surface area (Å²) >= 11 is 6.29. The van der Waals surface area contributed by atoms with E-state index in [1.807, 2.05) is 19.1 Å². The van der Waals surface area contributed by atoms with Crippen molar-refractivity contribution in [3.8, 4) is 0 Å². The first-order valence-corrected chi connectivity index (χ1v) is 8.01. The molecule has 4 nitrogen and oxygen atoms in total. The molecular weight excluding hydrogens is 318 g/mol. The number of nitrogens with one attached hydrogen (secondary N) is 1. The summed E-state index contributed by atoms with van der Waals surface area (Å²) in [6, 6.07) is 6.59. The van der Waals surface area contributed by atoms with Gasteiger partial charge in [-0.1, -0.05) is 61.6 Å². The molecule has 0 aromatic heterocycles. The van der Waals surface area contributed by atoms with Crippen LogP contribution in [0.25, 0.3) is 6.08 Å². The molecule has 1 aliphatic rings. The molecule has 1 fully saturated rings. The van der Waals surface area contributed by atoms with Crippen LogP contribution in [0.2, 0.25) is 0 Å².